The average Bonchev–Trinajstić information content (AvgIpc) is 0.764. The molecule has 0 saturated carbocycles. The summed E-state index contributed by atoms with van der Waals surface area (Å²) in [5.41, 5.74) is 0.191. The van der Waals surface area contributed by atoms with Gasteiger partial charge in [0.2, 0.25) is 0 Å². The summed E-state index contributed by atoms with van der Waals surface area (Å²) < 4.78 is 95.0. The molecule has 2 unspecified atom stereocenters. The third kappa shape index (κ3) is 14.0. The first-order chi connectivity index (χ1) is 43.1. The van der Waals surface area contributed by atoms with Crippen molar-refractivity contribution < 1.29 is 64.6 Å². The molecule has 0 spiro atoms. The maximum absolute atomic E-state index is 14.7. The van der Waals surface area contributed by atoms with Gasteiger partial charge in [0.15, 0.2) is 0 Å². The number of nitriles is 2. The van der Waals surface area contributed by atoms with Crippen LogP contribution in [-0.4, -0.2) is 157 Å². The molecular weight excluding hydrogens is 1170 g/mol. The van der Waals surface area contributed by atoms with Crippen molar-refractivity contribution in [1.29, 1.82) is 10.5 Å². The van der Waals surface area contributed by atoms with E-state index in [0.717, 1.165) is 34.1 Å². The van der Waals surface area contributed by atoms with Crippen LogP contribution in [0.3, 0.4) is 0 Å². The predicted molar refractivity (Wildman–Crippen MR) is 319 cm³/mol. The molecule has 470 valence electrons. The van der Waals surface area contributed by atoms with E-state index >= 15 is 0 Å². The number of rotatable bonds is 18. The lowest BCUT2D eigenvalue weighted by Gasteiger charge is -2.43. The van der Waals surface area contributed by atoms with Crippen molar-refractivity contribution in [1.82, 2.24) is 29.4 Å². The number of nitrogens with zero attached hydrogens (tertiary/aromatic N) is 10. The minimum absolute atomic E-state index is 0.0208. The summed E-state index contributed by atoms with van der Waals surface area (Å²) in [4.78, 5) is 98.5. The van der Waals surface area contributed by atoms with Crippen LogP contribution in [0.4, 0.5) is 47.3 Å². The highest BCUT2D eigenvalue weighted by Gasteiger charge is 2.46. The number of alkyl halides is 6. The molecule has 0 radical (unpaired) electrons. The number of carbonyl (C=O) groups excluding carboxylic acids is 6. The van der Waals surface area contributed by atoms with Gasteiger partial charge in [-0.05, 0) is 138 Å². The van der Waals surface area contributed by atoms with Crippen LogP contribution in [0.15, 0.2) is 144 Å². The van der Waals surface area contributed by atoms with Crippen molar-refractivity contribution in [2.45, 2.75) is 65.0 Å². The largest absolute Gasteiger partial charge is 0.463 e. The van der Waals surface area contributed by atoms with E-state index < -0.39 is 59.6 Å². The Balaban J connectivity index is 0.834. The molecule has 4 aliphatic rings. The summed E-state index contributed by atoms with van der Waals surface area (Å²) in [5, 5.41) is 19.1. The first kappa shape index (κ1) is 64.9. The van der Waals surface area contributed by atoms with E-state index in [1.165, 1.54) is 47.9 Å². The molecule has 0 aliphatic carbocycles. The number of hydrogen-bond acceptors (Lipinski definition) is 12. The quantitative estimate of drug-likeness (QED) is 0.0596. The van der Waals surface area contributed by atoms with Crippen molar-refractivity contribution in [3.05, 3.63) is 188 Å². The van der Waals surface area contributed by atoms with Gasteiger partial charge in [-0.1, -0.05) is 48.5 Å². The molecule has 2 fully saturated rings. The van der Waals surface area contributed by atoms with E-state index in [9.17, 15) is 65.6 Å². The van der Waals surface area contributed by atoms with Crippen LogP contribution in [-0.2, 0) is 31.4 Å². The fourth-order valence-electron chi connectivity index (χ4n) is 12.0. The number of ether oxygens (including phenoxy) is 2. The molecule has 2 saturated heterocycles. The molecule has 5 aromatic carbocycles. The molecule has 0 bridgehead atoms. The number of carbonyl (C=O) groups is 6. The molecule has 18 nitrogen and oxygen atoms in total. The van der Waals surface area contributed by atoms with Gasteiger partial charge in [-0.2, -0.15) is 36.9 Å². The number of hydrogen-bond donors (Lipinski definition) is 0. The molecule has 90 heavy (non-hydrogen) atoms. The van der Waals surface area contributed by atoms with Crippen LogP contribution in [0.25, 0.3) is 0 Å². The van der Waals surface area contributed by atoms with Gasteiger partial charge in [0.25, 0.3) is 11.8 Å². The molecular formula is C66H66F6N10O8. The highest BCUT2D eigenvalue weighted by atomic mass is 19.4. The number of esters is 2. The van der Waals surface area contributed by atoms with Gasteiger partial charge in [-0.15, -0.1) is 0 Å². The summed E-state index contributed by atoms with van der Waals surface area (Å²) >= 11 is 0. The summed E-state index contributed by atoms with van der Waals surface area (Å²) in [6, 6.07) is 28.6. The normalized spacial score (nSPS) is 18.0. The zero-order valence-electron chi connectivity index (χ0n) is 50.0. The van der Waals surface area contributed by atoms with E-state index in [0.29, 0.717) is 101 Å². The Morgan fingerprint density at radius 2 is 0.856 bits per heavy atom. The second-order valence-electron chi connectivity index (χ2n) is 22.0. The smallest absolute Gasteiger partial charge is 0.416 e. The number of benzene rings is 5. The molecule has 0 N–H and O–H groups in total. The molecule has 24 heteroatoms. The van der Waals surface area contributed by atoms with Gasteiger partial charge in [0, 0.05) is 76.8 Å². The molecule has 4 aliphatic heterocycles. The number of amides is 6. The second kappa shape index (κ2) is 27.9. The molecule has 4 heterocycles. The van der Waals surface area contributed by atoms with Crippen LogP contribution < -0.4 is 9.80 Å². The Bertz CT molecular complexity index is 3440. The third-order valence-electron chi connectivity index (χ3n) is 16.5. The average molecular weight is 1240 g/mol. The number of allylic oxidation sites excluding steroid dienone is 2. The zero-order chi connectivity index (χ0) is 64.6. The Labute approximate surface area is 516 Å². The Morgan fingerprint density at radius 3 is 1.18 bits per heavy atom. The number of anilines is 2. The van der Waals surface area contributed by atoms with Crippen LogP contribution >= 0.6 is 0 Å². The Morgan fingerprint density at radius 1 is 0.500 bits per heavy atom. The van der Waals surface area contributed by atoms with Crippen molar-refractivity contribution in [3.8, 4) is 12.1 Å². The second-order valence-corrected chi connectivity index (χ2v) is 22.0. The van der Waals surface area contributed by atoms with Crippen LogP contribution in [0.5, 0.6) is 0 Å². The SMILES string of the molecule is CCOC(=O)C1=C(C)N(c2cccc(C(F)(F)F)c2)C(=O)N(CCCN2CCN(C(=O)c3ccccc3C(=O)N3CCN(CCCN4C(=O)N(c5cccc(C(F)(F)F)c5)C(C)=C(C(=O)OCC)C4c4ccc(C#N)cc4)CC3)CC2)C1c1ccc(C#N)cc1. The number of urea groups is 2. The van der Waals surface area contributed by atoms with Gasteiger partial charge in [0.05, 0.1) is 93.3 Å². The molecule has 0 aromatic heterocycles. The maximum Gasteiger partial charge on any atom is 0.416 e. The lowest BCUT2D eigenvalue weighted by Crippen LogP contribution is -2.52. The first-order valence-electron chi connectivity index (χ1n) is 29.5. The number of piperazine rings is 2. The monoisotopic (exact) mass is 1240 g/mol. The minimum atomic E-state index is -4.72. The van der Waals surface area contributed by atoms with Gasteiger partial charge < -0.3 is 29.1 Å². The standard InChI is InChI=1S/C66H66F6N10O8/c1-5-89-61(85)55-43(3)81(51-15-9-13-49(39-51)65(67,68)69)63(87)79(57(55)47-23-19-45(41-73)20-24-47)29-11-27-75-31-35-77(36-32-75)59(83)53-17-7-8-18-54(53)60(84)78-37-33-76(34-38-78)28-12-30-80-58(48-25-21-46(42-74)22-26-48)56(62(86)90-6-2)44(4)82(64(80)88)52-16-10-14-50(40-52)66(70,71)72/h7-10,13-26,39-40,57-58H,5-6,11-12,27-38H2,1-4H3. The lowest BCUT2D eigenvalue weighted by atomic mass is 9.92. The molecule has 5 aromatic rings. The molecule has 6 amide bonds. The summed E-state index contributed by atoms with van der Waals surface area (Å²) in [6.45, 7) is 10.0. The number of halogens is 6. The highest BCUT2D eigenvalue weighted by Crippen LogP contribution is 2.44. The molecule has 9 rings (SSSR count). The lowest BCUT2D eigenvalue weighted by molar-refractivity contribution is -0.140. The van der Waals surface area contributed by atoms with Gasteiger partial charge >= 0.3 is 36.4 Å². The van der Waals surface area contributed by atoms with E-state index in [1.807, 2.05) is 0 Å². The fraction of sp³-hybridized carbons (Fsp3) is 0.364. The summed E-state index contributed by atoms with van der Waals surface area (Å²) in [5.74, 6) is -2.20. The summed E-state index contributed by atoms with van der Waals surface area (Å²) in [6.07, 6.45) is -8.74. The first-order valence-corrected chi connectivity index (χ1v) is 29.5. The van der Waals surface area contributed by atoms with Crippen LogP contribution in [0.1, 0.15) is 107 Å². The third-order valence-corrected chi connectivity index (χ3v) is 16.5. The maximum atomic E-state index is 14.7. The fourth-order valence-corrected chi connectivity index (χ4v) is 12.0. The van der Waals surface area contributed by atoms with Gasteiger partial charge in [-0.25, -0.2) is 19.2 Å². The highest BCUT2D eigenvalue weighted by molar-refractivity contribution is 6.08. The molecule has 2 atom stereocenters. The van der Waals surface area contributed by atoms with E-state index in [4.69, 9.17) is 9.47 Å². The van der Waals surface area contributed by atoms with Crippen LogP contribution in [0.2, 0.25) is 0 Å². The van der Waals surface area contributed by atoms with Gasteiger partial charge in [0.1, 0.15) is 0 Å². The van der Waals surface area contributed by atoms with E-state index in [-0.39, 0.29) is 83.2 Å². The van der Waals surface area contributed by atoms with E-state index in [2.05, 4.69) is 21.9 Å². The topological polar surface area (TPSA) is 194 Å². The zero-order valence-corrected chi connectivity index (χ0v) is 50.0. The Kier molecular flexibility index (Phi) is 20.1. The van der Waals surface area contributed by atoms with Crippen molar-refractivity contribution in [3.63, 3.8) is 0 Å². The van der Waals surface area contributed by atoms with Crippen molar-refractivity contribution >= 4 is 47.2 Å². The minimum Gasteiger partial charge on any atom is -0.463 e. The summed E-state index contributed by atoms with van der Waals surface area (Å²) in [7, 11) is 0. The van der Waals surface area contributed by atoms with Crippen molar-refractivity contribution in [2.75, 3.05) is 102 Å². The van der Waals surface area contributed by atoms with Crippen molar-refractivity contribution in [2.24, 2.45) is 0 Å². The van der Waals surface area contributed by atoms with Crippen LogP contribution in [0, 0.1) is 22.7 Å². The predicted octanol–water partition coefficient (Wildman–Crippen LogP) is 10.8. The van der Waals surface area contributed by atoms with Gasteiger partial charge in [-0.3, -0.25) is 29.2 Å². The Hall–Kier alpha value is -9.52. The van der Waals surface area contributed by atoms with E-state index in [1.54, 1.807) is 96.4 Å².